The summed E-state index contributed by atoms with van der Waals surface area (Å²) in [6.07, 6.45) is 1.27. The summed E-state index contributed by atoms with van der Waals surface area (Å²) in [6.45, 7) is 2.00. The Kier molecular flexibility index (Phi) is 1.62. The summed E-state index contributed by atoms with van der Waals surface area (Å²) in [6, 6.07) is 7.96. The Morgan fingerprint density at radius 1 is 1.33 bits per heavy atom. The first-order chi connectivity index (χ1) is 5.77. The van der Waals surface area contributed by atoms with Crippen molar-refractivity contribution in [3.05, 3.63) is 35.9 Å². The van der Waals surface area contributed by atoms with Crippen molar-refractivity contribution in [3.63, 3.8) is 0 Å². The van der Waals surface area contributed by atoms with Gasteiger partial charge in [0.2, 0.25) is 0 Å². The maximum atomic E-state index is 9.34. The molecule has 1 unspecified atom stereocenters. The molecule has 2 rings (SSSR count). The average molecular weight is 161 g/mol. The van der Waals surface area contributed by atoms with Gasteiger partial charge in [-0.05, 0) is 24.6 Å². The molecule has 0 aromatic heterocycles. The van der Waals surface area contributed by atoms with E-state index in [0.29, 0.717) is 0 Å². The molecule has 1 aromatic rings. The molecule has 0 spiro atoms. The number of fused-ring (bicyclic) bond motifs is 1. The third-order valence-corrected chi connectivity index (χ3v) is 2.06. The first-order valence-electron chi connectivity index (χ1n) is 4.00. The first kappa shape index (κ1) is 7.37. The minimum Gasteiger partial charge on any atom is -0.370 e. The normalized spacial score (nSPS) is 20.8. The first-order valence-corrected chi connectivity index (χ1v) is 4.00. The highest BCUT2D eigenvalue weighted by atomic mass is 16.3. The second-order valence-corrected chi connectivity index (χ2v) is 2.98. The summed E-state index contributed by atoms with van der Waals surface area (Å²) in [5.74, 6) is 0. The van der Waals surface area contributed by atoms with Crippen LogP contribution >= 0.6 is 0 Å². The summed E-state index contributed by atoms with van der Waals surface area (Å²) in [5.41, 5.74) is 3.30. The number of para-hydroxylation sites is 1. The van der Waals surface area contributed by atoms with Crippen LogP contribution in [0.1, 0.15) is 12.5 Å². The Morgan fingerprint density at radius 2 is 2.08 bits per heavy atom. The molecule has 2 N–H and O–H groups in total. The molecule has 1 aromatic carbocycles. The van der Waals surface area contributed by atoms with Gasteiger partial charge in [0.05, 0.1) is 0 Å². The van der Waals surface area contributed by atoms with Crippen molar-refractivity contribution in [1.82, 2.24) is 0 Å². The molecule has 2 heteroatoms. The molecule has 0 amide bonds. The molecule has 12 heavy (non-hydrogen) atoms. The third kappa shape index (κ3) is 1.10. The SMILES string of the molecule is CC1=CC(O)Nc2ccccc21. The highest BCUT2D eigenvalue weighted by Gasteiger charge is 2.12. The zero-order valence-corrected chi connectivity index (χ0v) is 6.91. The van der Waals surface area contributed by atoms with Gasteiger partial charge in [-0.1, -0.05) is 18.2 Å². The van der Waals surface area contributed by atoms with E-state index in [4.69, 9.17) is 0 Å². The standard InChI is InChI=1S/C10H11NO/c1-7-6-10(12)11-9-5-3-2-4-8(7)9/h2-6,10-12H,1H3. The van der Waals surface area contributed by atoms with Gasteiger partial charge in [-0.15, -0.1) is 0 Å². The molecular weight excluding hydrogens is 150 g/mol. The molecule has 1 atom stereocenters. The highest BCUT2D eigenvalue weighted by molar-refractivity contribution is 5.78. The lowest BCUT2D eigenvalue weighted by Crippen LogP contribution is -2.20. The van der Waals surface area contributed by atoms with Crippen LogP contribution in [0.25, 0.3) is 5.57 Å². The lowest BCUT2D eigenvalue weighted by atomic mass is 10.0. The number of allylic oxidation sites excluding steroid dienone is 1. The predicted molar refractivity (Wildman–Crippen MR) is 49.7 cm³/mol. The van der Waals surface area contributed by atoms with Crippen molar-refractivity contribution >= 4 is 11.3 Å². The Bertz CT molecular complexity index is 330. The molecule has 62 valence electrons. The molecule has 0 saturated heterocycles. The van der Waals surface area contributed by atoms with Gasteiger partial charge in [0.25, 0.3) is 0 Å². The van der Waals surface area contributed by atoms with E-state index in [1.807, 2.05) is 37.3 Å². The number of benzene rings is 1. The Balaban J connectivity index is 2.53. The van der Waals surface area contributed by atoms with Crippen molar-refractivity contribution in [1.29, 1.82) is 0 Å². The maximum absolute atomic E-state index is 9.34. The van der Waals surface area contributed by atoms with Crippen LogP contribution in [-0.2, 0) is 0 Å². The monoisotopic (exact) mass is 161 g/mol. The quantitative estimate of drug-likeness (QED) is 0.608. The van der Waals surface area contributed by atoms with Gasteiger partial charge < -0.3 is 10.4 Å². The van der Waals surface area contributed by atoms with E-state index in [1.165, 1.54) is 5.56 Å². The van der Waals surface area contributed by atoms with Crippen LogP contribution in [-0.4, -0.2) is 11.3 Å². The summed E-state index contributed by atoms with van der Waals surface area (Å²) < 4.78 is 0. The van der Waals surface area contributed by atoms with Crippen molar-refractivity contribution in [2.24, 2.45) is 0 Å². The van der Waals surface area contributed by atoms with Crippen LogP contribution in [0, 0.1) is 0 Å². The zero-order chi connectivity index (χ0) is 8.55. The Labute approximate surface area is 71.5 Å². The lowest BCUT2D eigenvalue weighted by molar-refractivity contribution is 0.252. The number of aliphatic hydroxyl groups excluding tert-OH is 1. The minimum absolute atomic E-state index is 0.542. The number of hydrogen-bond acceptors (Lipinski definition) is 2. The van der Waals surface area contributed by atoms with E-state index >= 15 is 0 Å². The van der Waals surface area contributed by atoms with Gasteiger partial charge in [0, 0.05) is 11.3 Å². The van der Waals surface area contributed by atoms with Crippen LogP contribution < -0.4 is 5.32 Å². The van der Waals surface area contributed by atoms with Crippen LogP contribution in [0.3, 0.4) is 0 Å². The van der Waals surface area contributed by atoms with Crippen LogP contribution in [0.2, 0.25) is 0 Å². The number of nitrogens with one attached hydrogen (secondary N) is 1. The molecular formula is C10H11NO. The van der Waals surface area contributed by atoms with Gasteiger partial charge in [-0.2, -0.15) is 0 Å². The fraction of sp³-hybridized carbons (Fsp3) is 0.200. The van der Waals surface area contributed by atoms with E-state index in [0.717, 1.165) is 11.3 Å². The summed E-state index contributed by atoms with van der Waals surface area (Å²) >= 11 is 0. The summed E-state index contributed by atoms with van der Waals surface area (Å²) in [4.78, 5) is 0. The molecule has 2 nitrogen and oxygen atoms in total. The molecule has 0 aliphatic carbocycles. The van der Waals surface area contributed by atoms with Crippen LogP contribution in [0.5, 0.6) is 0 Å². The van der Waals surface area contributed by atoms with Gasteiger partial charge in [0.15, 0.2) is 0 Å². The van der Waals surface area contributed by atoms with E-state index < -0.39 is 6.23 Å². The fourth-order valence-electron chi connectivity index (χ4n) is 1.48. The van der Waals surface area contributed by atoms with Gasteiger partial charge in [0.1, 0.15) is 6.23 Å². The Hall–Kier alpha value is -1.28. The molecule has 1 aliphatic heterocycles. The van der Waals surface area contributed by atoms with E-state index in [1.54, 1.807) is 0 Å². The average Bonchev–Trinajstić information content (AvgIpc) is 2.04. The number of rotatable bonds is 0. The van der Waals surface area contributed by atoms with Crippen molar-refractivity contribution in [2.75, 3.05) is 5.32 Å². The minimum atomic E-state index is -0.542. The summed E-state index contributed by atoms with van der Waals surface area (Å²) in [5, 5.41) is 12.3. The molecule has 0 saturated carbocycles. The summed E-state index contributed by atoms with van der Waals surface area (Å²) in [7, 11) is 0. The molecule has 0 radical (unpaired) electrons. The number of hydrogen-bond donors (Lipinski definition) is 2. The molecule has 1 aliphatic rings. The number of aliphatic hydroxyl groups is 1. The van der Waals surface area contributed by atoms with Crippen molar-refractivity contribution < 1.29 is 5.11 Å². The highest BCUT2D eigenvalue weighted by Crippen LogP contribution is 2.27. The third-order valence-electron chi connectivity index (χ3n) is 2.06. The fourth-order valence-corrected chi connectivity index (χ4v) is 1.48. The van der Waals surface area contributed by atoms with Gasteiger partial charge >= 0.3 is 0 Å². The predicted octanol–water partition coefficient (Wildman–Crippen LogP) is 1.83. The van der Waals surface area contributed by atoms with E-state index in [9.17, 15) is 5.11 Å². The van der Waals surface area contributed by atoms with Crippen LogP contribution in [0.15, 0.2) is 30.3 Å². The van der Waals surface area contributed by atoms with Gasteiger partial charge in [-0.25, -0.2) is 0 Å². The molecule has 0 bridgehead atoms. The molecule has 0 fully saturated rings. The molecule has 1 heterocycles. The zero-order valence-electron chi connectivity index (χ0n) is 6.91. The maximum Gasteiger partial charge on any atom is 0.144 e. The number of anilines is 1. The van der Waals surface area contributed by atoms with Crippen molar-refractivity contribution in [2.45, 2.75) is 13.2 Å². The van der Waals surface area contributed by atoms with Gasteiger partial charge in [-0.3, -0.25) is 0 Å². The van der Waals surface area contributed by atoms with E-state index in [2.05, 4.69) is 5.32 Å². The topological polar surface area (TPSA) is 32.3 Å². The Morgan fingerprint density at radius 3 is 2.92 bits per heavy atom. The second-order valence-electron chi connectivity index (χ2n) is 2.98. The van der Waals surface area contributed by atoms with Crippen LogP contribution in [0.4, 0.5) is 5.69 Å². The largest absolute Gasteiger partial charge is 0.370 e. The smallest absolute Gasteiger partial charge is 0.144 e. The van der Waals surface area contributed by atoms with E-state index in [-0.39, 0.29) is 0 Å². The lowest BCUT2D eigenvalue weighted by Gasteiger charge is -2.20. The van der Waals surface area contributed by atoms with Crippen molar-refractivity contribution in [3.8, 4) is 0 Å². The second kappa shape index (κ2) is 2.64.